The average Bonchev–Trinajstić information content (AvgIpc) is 3.19. The van der Waals surface area contributed by atoms with Crippen molar-refractivity contribution in [3.8, 4) is 0 Å². The molecule has 0 amide bonds. The van der Waals surface area contributed by atoms with Crippen LogP contribution in [-0.4, -0.2) is 54.8 Å². The predicted octanol–water partition coefficient (Wildman–Crippen LogP) is 3.22. The quantitative estimate of drug-likeness (QED) is 0.390. The molecule has 3 N–H and O–H groups in total. The molecule has 1 saturated heterocycles. The lowest BCUT2D eigenvalue weighted by molar-refractivity contribution is 0.0529. The first kappa shape index (κ1) is 22.1. The van der Waals surface area contributed by atoms with Crippen LogP contribution in [0.1, 0.15) is 25.0 Å². The number of pyridine rings is 1. The fourth-order valence-electron chi connectivity index (χ4n) is 3.92. The van der Waals surface area contributed by atoms with Gasteiger partial charge in [-0.15, -0.1) is 0 Å². The molecule has 0 radical (unpaired) electrons. The number of nitrogens with zero attached hydrogens (tertiary/aromatic N) is 3. The maximum atomic E-state index is 13.4. The molecule has 2 aromatic heterocycles. The highest BCUT2D eigenvalue weighted by Gasteiger charge is 2.17. The maximum Gasteiger partial charge on any atom is 0.191 e. The van der Waals surface area contributed by atoms with Crippen LogP contribution in [0.5, 0.6) is 0 Å². The fraction of sp³-hybridized carbons (Fsp3) is 0.417. The Morgan fingerprint density at radius 1 is 1.31 bits per heavy atom. The third kappa shape index (κ3) is 5.56. The lowest BCUT2D eigenvalue weighted by atomic mass is 10.1. The minimum Gasteiger partial charge on any atom is -0.375 e. The van der Waals surface area contributed by atoms with Crippen molar-refractivity contribution in [3.05, 3.63) is 59.7 Å². The molecule has 4 rings (SSSR count). The molecule has 8 heteroatoms. The second kappa shape index (κ2) is 10.5. The number of aliphatic imine (C=N–C) groups is 1. The molecule has 0 bridgehead atoms. The monoisotopic (exact) mass is 438 g/mol. The van der Waals surface area contributed by atoms with Crippen molar-refractivity contribution in [1.82, 2.24) is 20.6 Å². The number of H-pyrrole nitrogens is 1. The van der Waals surface area contributed by atoms with E-state index in [4.69, 9.17) is 9.73 Å². The van der Waals surface area contributed by atoms with Crippen molar-refractivity contribution in [2.45, 2.75) is 32.9 Å². The highest BCUT2D eigenvalue weighted by Crippen LogP contribution is 2.19. The summed E-state index contributed by atoms with van der Waals surface area (Å²) in [6, 6.07) is 8.99. The second-order valence-corrected chi connectivity index (χ2v) is 8.03. The van der Waals surface area contributed by atoms with Crippen LogP contribution in [0.2, 0.25) is 0 Å². The smallest absolute Gasteiger partial charge is 0.191 e. The van der Waals surface area contributed by atoms with Gasteiger partial charge in [0.2, 0.25) is 0 Å². The van der Waals surface area contributed by atoms with E-state index in [1.54, 1.807) is 0 Å². The Morgan fingerprint density at radius 2 is 2.22 bits per heavy atom. The van der Waals surface area contributed by atoms with Gasteiger partial charge in [0, 0.05) is 49.5 Å². The summed E-state index contributed by atoms with van der Waals surface area (Å²) >= 11 is 0. The molecule has 3 heterocycles. The van der Waals surface area contributed by atoms with E-state index in [0.29, 0.717) is 6.54 Å². The molecule has 0 aliphatic carbocycles. The molecule has 1 unspecified atom stereocenters. The number of halogens is 1. The fourth-order valence-corrected chi connectivity index (χ4v) is 3.92. The number of benzene rings is 1. The third-order valence-electron chi connectivity index (χ3n) is 5.55. The summed E-state index contributed by atoms with van der Waals surface area (Å²) in [4.78, 5) is 14.7. The van der Waals surface area contributed by atoms with Gasteiger partial charge >= 0.3 is 0 Å². The number of fused-ring (bicyclic) bond motifs is 1. The lowest BCUT2D eigenvalue weighted by Crippen LogP contribution is -2.41. The topological polar surface area (TPSA) is 77.6 Å². The number of anilines is 1. The molecule has 1 fully saturated rings. The Morgan fingerprint density at radius 3 is 3.00 bits per heavy atom. The van der Waals surface area contributed by atoms with Gasteiger partial charge in [-0.3, -0.25) is 0 Å². The lowest BCUT2D eigenvalue weighted by Gasteiger charge is -2.32. The summed E-state index contributed by atoms with van der Waals surface area (Å²) in [5, 5.41) is 7.72. The van der Waals surface area contributed by atoms with E-state index in [9.17, 15) is 4.39 Å². The first-order valence-corrected chi connectivity index (χ1v) is 11.2. The van der Waals surface area contributed by atoms with Gasteiger partial charge in [0.05, 0.1) is 19.3 Å². The molecule has 3 aromatic rings. The third-order valence-corrected chi connectivity index (χ3v) is 5.55. The zero-order valence-electron chi connectivity index (χ0n) is 18.7. The van der Waals surface area contributed by atoms with Gasteiger partial charge in [-0.05, 0) is 55.7 Å². The summed E-state index contributed by atoms with van der Waals surface area (Å²) in [5.74, 6) is 1.52. The first-order valence-electron chi connectivity index (χ1n) is 11.2. The zero-order chi connectivity index (χ0) is 22.3. The van der Waals surface area contributed by atoms with E-state index in [0.717, 1.165) is 73.0 Å². The molecule has 0 spiro atoms. The summed E-state index contributed by atoms with van der Waals surface area (Å²) in [6.45, 7) is 8.66. The number of nitrogens with one attached hydrogen (secondary N) is 3. The largest absolute Gasteiger partial charge is 0.375 e. The SMILES string of the molecule is CCNC(=NCc1ccc(N2CCOC(C)C2)nc1)NCCc1c[nH]c2cc(F)ccc12. The Bertz CT molecular complexity index is 1050. The van der Waals surface area contributed by atoms with Crippen LogP contribution in [-0.2, 0) is 17.7 Å². The van der Waals surface area contributed by atoms with E-state index in [-0.39, 0.29) is 11.9 Å². The molecular weight excluding hydrogens is 407 g/mol. The van der Waals surface area contributed by atoms with Crippen molar-refractivity contribution < 1.29 is 9.13 Å². The van der Waals surface area contributed by atoms with Crippen LogP contribution >= 0.6 is 0 Å². The van der Waals surface area contributed by atoms with E-state index in [2.05, 4.69) is 44.6 Å². The standard InChI is InChI=1S/C24H31FN6O/c1-3-26-24(27-9-8-19-15-28-22-12-20(25)5-6-21(19)22)30-14-18-4-7-23(29-13-18)31-10-11-32-17(2)16-31/h4-7,12-13,15,17,28H,3,8-11,14,16H2,1-2H3,(H2,26,27,30). The van der Waals surface area contributed by atoms with Gasteiger partial charge < -0.3 is 25.3 Å². The second-order valence-electron chi connectivity index (χ2n) is 8.03. The van der Waals surface area contributed by atoms with Gasteiger partial charge in [0.25, 0.3) is 0 Å². The number of hydrogen-bond acceptors (Lipinski definition) is 4. The zero-order valence-corrected chi connectivity index (χ0v) is 18.7. The maximum absolute atomic E-state index is 13.4. The summed E-state index contributed by atoms with van der Waals surface area (Å²) in [6.07, 6.45) is 4.88. The molecule has 1 aromatic carbocycles. The molecule has 170 valence electrons. The normalized spacial score (nSPS) is 17.0. The van der Waals surface area contributed by atoms with Crippen molar-refractivity contribution >= 4 is 22.7 Å². The van der Waals surface area contributed by atoms with E-state index >= 15 is 0 Å². The van der Waals surface area contributed by atoms with Crippen LogP contribution in [0, 0.1) is 5.82 Å². The van der Waals surface area contributed by atoms with Gasteiger partial charge in [0.1, 0.15) is 11.6 Å². The Hall–Kier alpha value is -3.13. The van der Waals surface area contributed by atoms with Crippen molar-refractivity contribution in [1.29, 1.82) is 0 Å². The van der Waals surface area contributed by atoms with Crippen LogP contribution in [0.4, 0.5) is 10.2 Å². The molecule has 0 saturated carbocycles. The summed E-state index contributed by atoms with van der Waals surface area (Å²) < 4.78 is 19.0. The number of hydrogen-bond donors (Lipinski definition) is 3. The van der Waals surface area contributed by atoms with Crippen LogP contribution < -0.4 is 15.5 Å². The van der Waals surface area contributed by atoms with E-state index in [1.807, 2.05) is 25.4 Å². The molecule has 32 heavy (non-hydrogen) atoms. The highest BCUT2D eigenvalue weighted by atomic mass is 19.1. The highest BCUT2D eigenvalue weighted by molar-refractivity contribution is 5.83. The summed E-state index contributed by atoms with van der Waals surface area (Å²) in [5.41, 5.74) is 3.04. The minimum atomic E-state index is -0.229. The molecule has 1 atom stereocenters. The molecule has 1 aliphatic rings. The molecule has 7 nitrogen and oxygen atoms in total. The van der Waals surface area contributed by atoms with Crippen molar-refractivity contribution in [3.63, 3.8) is 0 Å². The van der Waals surface area contributed by atoms with Crippen molar-refractivity contribution in [2.24, 2.45) is 4.99 Å². The minimum absolute atomic E-state index is 0.229. The number of rotatable bonds is 7. The van der Waals surface area contributed by atoms with Gasteiger partial charge in [-0.25, -0.2) is 14.4 Å². The number of ether oxygens (including phenoxy) is 1. The molecule has 1 aliphatic heterocycles. The van der Waals surface area contributed by atoms with E-state index in [1.165, 1.54) is 12.1 Å². The number of aromatic nitrogens is 2. The number of guanidine groups is 1. The van der Waals surface area contributed by atoms with Crippen LogP contribution in [0.15, 0.2) is 47.7 Å². The Kier molecular flexibility index (Phi) is 7.21. The summed E-state index contributed by atoms with van der Waals surface area (Å²) in [7, 11) is 0. The van der Waals surface area contributed by atoms with Crippen molar-refractivity contribution in [2.75, 3.05) is 37.7 Å². The predicted molar refractivity (Wildman–Crippen MR) is 127 cm³/mol. The molecular formula is C24H31FN6O. The van der Waals surface area contributed by atoms with Gasteiger partial charge in [-0.1, -0.05) is 6.07 Å². The number of morpholine rings is 1. The number of aromatic amines is 1. The van der Waals surface area contributed by atoms with Gasteiger partial charge in [0.15, 0.2) is 5.96 Å². The average molecular weight is 439 g/mol. The van der Waals surface area contributed by atoms with Gasteiger partial charge in [-0.2, -0.15) is 0 Å². The van der Waals surface area contributed by atoms with Crippen LogP contribution in [0.25, 0.3) is 10.9 Å². The first-order chi connectivity index (χ1) is 15.6. The van der Waals surface area contributed by atoms with Crippen LogP contribution in [0.3, 0.4) is 0 Å². The van der Waals surface area contributed by atoms with E-state index < -0.39 is 0 Å². The Balaban J connectivity index is 1.32. The Labute approximate surface area is 188 Å².